The Morgan fingerprint density at radius 1 is 0.964 bits per heavy atom. The first-order chi connectivity index (χ1) is 13.3. The Morgan fingerprint density at radius 2 is 1.61 bits per heavy atom. The number of halogens is 1. The number of carbonyl (C=O) groups is 3. The Bertz CT molecular complexity index is 912. The predicted octanol–water partition coefficient (Wildman–Crippen LogP) is 2.13. The fraction of sp³-hybridized carbons (Fsp3) is 0.0526. The van der Waals surface area contributed by atoms with E-state index >= 15 is 0 Å². The van der Waals surface area contributed by atoms with Gasteiger partial charge in [0, 0.05) is 24.3 Å². The number of benzene rings is 2. The van der Waals surface area contributed by atoms with Crippen LogP contribution in [0.2, 0.25) is 0 Å². The minimum absolute atomic E-state index is 0.100. The first-order valence-corrected chi connectivity index (χ1v) is 8.47. The summed E-state index contributed by atoms with van der Waals surface area (Å²) in [5.41, 5.74) is 6.29. The maximum absolute atomic E-state index is 12.8. The maximum atomic E-state index is 12.8. The van der Waals surface area contributed by atoms with Crippen molar-refractivity contribution in [1.82, 2.24) is 16.2 Å². The molecule has 0 fully saturated rings. The molecule has 0 unspecified atom stereocenters. The molecular formula is C19H17FN4O3S. The van der Waals surface area contributed by atoms with Gasteiger partial charge in [0.1, 0.15) is 5.82 Å². The molecule has 0 saturated carbocycles. The summed E-state index contributed by atoms with van der Waals surface area (Å²) in [6, 6.07) is 11.8. The molecule has 0 aliphatic rings. The standard InChI is InChI=1S/C19H17FN4O3S/c1-12(25)21-16-9-5-14(6-10-16)18(27)23-24-19(28)22-17(26)11-4-13-2-7-15(20)8-3-13/h2-11H,1H3,(H,21,25)(H,23,27)(H2,22,24,26,28). The zero-order valence-electron chi connectivity index (χ0n) is 14.8. The van der Waals surface area contributed by atoms with Crippen LogP contribution in [0.5, 0.6) is 0 Å². The molecule has 3 amide bonds. The summed E-state index contributed by atoms with van der Waals surface area (Å²) >= 11 is 4.93. The number of thiocarbonyl (C=S) groups is 1. The third-order valence-corrected chi connectivity index (χ3v) is 3.50. The maximum Gasteiger partial charge on any atom is 0.269 e. The van der Waals surface area contributed by atoms with Gasteiger partial charge in [0.2, 0.25) is 11.8 Å². The van der Waals surface area contributed by atoms with Crippen molar-refractivity contribution in [2.75, 3.05) is 5.32 Å². The number of nitrogens with one attached hydrogen (secondary N) is 4. The highest BCUT2D eigenvalue weighted by molar-refractivity contribution is 7.80. The third-order valence-electron chi connectivity index (χ3n) is 3.29. The van der Waals surface area contributed by atoms with E-state index in [4.69, 9.17) is 12.2 Å². The summed E-state index contributed by atoms with van der Waals surface area (Å²) in [7, 11) is 0. The lowest BCUT2D eigenvalue weighted by atomic mass is 10.2. The molecule has 0 saturated heterocycles. The molecule has 28 heavy (non-hydrogen) atoms. The average Bonchev–Trinajstić information content (AvgIpc) is 2.66. The fourth-order valence-electron chi connectivity index (χ4n) is 2.02. The summed E-state index contributed by atoms with van der Waals surface area (Å²) in [6.07, 6.45) is 2.72. The van der Waals surface area contributed by atoms with Crippen molar-refractivity contribution in [2.45, 2.75) is 6.92 Å². The van der Waals surface area contributed by atoms with Crippen LogP contribution in [-0.2, 0) is 9.59 Å². The van der Waals surface area contributed by atoms with Crippen LogP contribution in [0, 0.1) is 5.82 Å². The molecule has 4 N–H and O–H groups in total. The second-order valence-electron chi connectivity index (χ2n) is 5.54. The van der Waals surface area contributed by atoms with E-state index in [0.29, 0.717) is 16.8 Å². The Balaban J connectivity index is 1.79. The van der Waals surface area contributed by atoms with E-state index in [1.165, 1.54) is 55.5 Å². The van der Waals surface area contributed by atoms with Gasteiger partial charge in [-0.05, 0) is 60.3 Å². The van der Waals surface area contributed by atoms with Gasteiger partial charge in [0.25, 0.3) is 5.91 Å². The van der Waals surface area contributed by atoms with E-state index in [1.807, 2.05) is 0 Å². The molecular weight excluding hydrogens is 383 g/mol. The Morgan fingerprint density at radius 3 is 2.21 bits per heavy atom. The Labute approximate surface area is 166 Å². The lowest BCUT2D eigenvalue weighted by Gasteiger charge is -2.10. The van der Waals surface area contributed by atoms with E-state index < -0.39 is 11.8 Å². The molecule has 0 spiro atoms. The summed E-state index contributed by atoms with van der Waals surface area (Å²) in [5, 5.41) is 4.85. The number of hydrazine groups is 1. The Kier molecular flexibility index (Phi) is 7.35. The second-order valence-corrected chi connectivity index (χ2v) is 5.95. The summed E-state index contributed by atoms with van der Waals surface area (Å²) < 4.78 is 12.8. The normalized spacial score (nSPS) is 10.2. The Hall–Kier alpha value is -3.59. The molecule has 7 nitrogen and oxygen atoms in total. The molecule has 0 aliphatic heterocycles. The zero-order valence-corrected chi connectivity index (χ0v) is 15.6. The molecule has 0 bridgehead atoms. The van der Waals surface area contributed by atoms with Crippen molar-refractivity contribution in [3.63, 3.8) is 0 Å². The van der Waals surface area contributed by atoms with Gasteiger partial charge in [-0.2, -0.15) is 0 Å². The zero-order chi connectivity index (χ0) is 20.5. The van der Waals surface area contributed by atoms with Crippen LogP contribution < -0.4 is 21.5 Å². The summed E-state index contributed by atoms with van der Waals surface area (Å²) in [4.78, 5) is 34.8. The van der Waals surface area contributed by atoms with Crippen LogP contribution in [0.4, 0.5) is 10.1 Å². The van der Waals surface area contributed by atoms with Crippen molar-refractivity contribution in [3.8, 4) is 0 Å². The first-order valence-electron chi connectivity index (χ1n) is 8.06. The van der Waals surface area contributed by atoms with Crippen molar-refractivity contribution in [1.29, 1.82) is 0 Å². The quantitative estimate of drug-likeness (QED) is 0.358. The highest BCUT2D eigenvalue weighted by Crippen LogP contribution is 2.09. The monoisotopic (exact) mass is 400 g/mol. The van der Waals surface area contributed by atoms with Gasteiger partial charge in [-0.15, -0.1) is 0 Å². The summed E-state index contributed by atoms with van der Waals surface area (Å²) in [6.45, 7) is 1.38. The van der Waals surface area contributed by atoms with Crippen LogP contribution in [0.15, 0.2) is 54.6 Å². The van der Waals surface area contributed by atoms with E-state index in [1.54, 1.807) is 12.1 Å². The molecule has 0 atom stereocenters. The van der Waals surface area contributed by atoms with Gasteiger partial charge in [0.05, 0.1) is 0 Å². The van der Waals surface area contributed by atoms with E-state index in [9.17, 15) is 18.8 Å². The van der Waals surface area contributed by atoms with Gasteiger partial charge in [0.15, 0.2) is 5.11 Å². The number of rotatable bonds is 4. The van der Waals surface area contributed by atoms with Crippen molar-refractivity contribution in [3.05, 3.63) is 71.6 Å². The second kappa shape index (κ2) is 9.93. The lowest BCUT2D eigenvalue weighted by molar-refractivity contribution is -0.115. The lowest BCUT2D eigenvalue weighted by Crippen LogP contribution is -2.48. The molecule has 144 valence electrons. The smallest absolute Gasteiger partial charge is 0.269 e. The van der Waals surface area contributed by atoms with Crippen molar-refractivity contribution < 1.29 is 18.8 Å². The first kappa shape index (κ1) is 20.7. The largest absolute Gasteiger partial charge is 0.326 e. The van der Waals surface area contributed by atoms with Crippen molar-refractivity contribution >= 4 is 46.8 Å². The van der Waals surface area contributed by atoms with Crippen LogP contribution in [-0.4, -0.2) is 22.8 Å². The fourth-order valence-corrected chi connectivity index (χ4v) is 2.18. The van der Waals surface area contributed by atoms with Gasteiger partial charge in [-0.1, -0.05) is 12.1 Å². The summed E-state index contributed by atoms with van der Waals surface area (Å²) in [5.74, 6) is -1.58. The van der Waals surface area contributed by atoms with Crippen LogP contribution >= 0.6 is 12.2 Å². The third kappa shape index (κ3) is 6.96. The molecule has 0 heterocycles. The molecule has 2 aromatic rings. The number of hydrogen-bond acceptors (Lipinski definition) is 4. The number of amides is 3. The van der Waals surface area contributed by atoms with E-state index in [-0.39, 0.29) is 16.8 Å². The molecule has 9 heteroatoms. The molecule has 2 aromatic carbocycles. The average molecular weight is 400 g/mol. The minimum atomic E-state index is -0.518. The van der Waals surface area contributed by atoms with E-state index in [0.717, 1.165) is 0 Å². The molecule has 0 aliphatic carbocycles. The van der Waals surface area contributed by atoms with E-state index in [2.05, 4.69) is 21.5 Å². The number of hydrogen-bond donors (Lipinski definition) is 4. The SMILES string of the molecule is CC(=O)Nc1ccc(C(=O)NNC(=S)NC(=O)C=Cc2ccc(F)cc2)cc1. The highest BCUT2D eigenvalue weighted by Gasteiger charge is 2.07. The number of carbonyl (C=O) groups excluding carboxylic acids is 3. The molecule has 0 aromatic heterocycles. The van der Waals surface area contributed by atoms with Gasteiger partial charge in [-0.3, -0.25) is 30.6 Å². The van der Waals surface area contributed by atoms with Crippen molar-refractivity contribution in [2.24, 2.45) is 0 Å². The van der Waals surface area contributed by atoms with Gasteiger partial charge < -0.3 is 5.32 Å². The molecule has 0 radical (unpaired) electrons. The highest BCUT2D eigenvalue weighted by atomic mass is 32.1. The van der Waals surface area contributed by atoms with Gasteiger partial charge in [-0.25, -0.2) is 4.39 Å². The molecule has 2 rings (SSSR count). The van der Waals surface area contributed by atoms with Crippen LogP contribution in [0.1, 0.15) is 22.8 Å². The van der Waals surface area contributed by atoms with Crippen LogP contribution in [0.3, 0.4) is 0 Å². The van der Waals surface area contributed by atoms with Crippen LogP contribution in [0.25, 0.3) is 6.08 Å². The topological polar surface area (TPSA) is 99.3 Å². The minimum Gasteiger partial charge on any atom is -0.326 e. The van der Waals surface area contributed by atoms with Gasteiger partial charge >= 0.3 is 0 Å². The number of anilines is 1. The predicted molar refractivity (Wildman–Crippen MR) is 108 cm³/mol.